The Kier molecular flexibility index (Phi) is 10.6. The minimum Gasteiger partial charge on any atom is -0.354 e. The predicted molar refractivity (Wildman–Crippen MR) is 119 cm³/mol. The SMILES string of the molecule is CN=C(NCCNC(=O)c1ccccc1)N(C)CC1CCC(C)CC1.I. The van der Waals surface area contributed by atoms with Crippen LogP contribution in [0.4, 0.5) is 0 Å². The molecule has 0 heterocycles. The number of hydrogen-bond donors (Lipinski definition) is 2. The van der Waals surface area contributed by atoms with Crippen LogP contribution in [0.3, 0.4) is 0 Å². The van der Waals surface area contributed by atoms with E-state index in [2.05, 4.69) is 34.5 Å². The van der Waals surface area contributed by atoms with Gasteiger partial charge in [0.1, 0.15) is 0 Å². The zero-order valence-corrected chi connectivity index (χ0v) is 18.5. The Hall–Kier alpha value is -1.31. The number of benzene rings is 1. The van der Waals surface area contributed by atoms with E-state index in [1.807, 2.05) is 37.4 Å². The maximum Gasteiger partial charge on any atom is 0.251 e. The van der Waals surface area contributed by atoms with Gasteiger partial charge in [-0.15, -0.1) is 24.0 Å². The molecule has 26 heavy (non-hydrogen) atoms. The normalized spacial score (nSPS) is 20.0. The van der Waals surface area contributed by atoms with Gasteiger partial charge in [-0.25, -0.2) is 0 Å². The van der Waals surface area contributed by atoms with E-state index in [0.29, 0.717) is 18.7 Å². The van der Waals surface area contributed by atoms with Gasteiger partial charge in [-0.3, -0.25) is 9.79 Å². The maximum absolute atomic E-state index is 12.0. The Bertz CT molecular complexity index is 556. The molecule has 2 N–H and O–H groups in total. The Balaban J connectivity index is 0.00000338. The van der Waals surface area contributed by atoms with Gasteiger partial charge in [0.25, 0.3) is 5.91 Å². The molecule has 2 rings (SSSR count). The van der Waals surface area contributed by atoms with Crippen molar-refractivity contribution in [1.29, 1.82) is 0 Å². The molecule has 0 unspecified atom stereocenters. The van der Waals surface area contributed by atoms with Crippen LogP contribution in [-0.2, 0) is 0 Å². The fraction of sp³-hybridized carbons (Fsp3) is 0.600. The first kappa shape index (κ1) is 22.7. The number of nitrogens with one attached hydrogen (secondary N) is 2. The van der Waals surface area contributed by atoms with Gasteiger partial charge in [-0.05, 0) is 36.8 Å². The number of hydrogen-bond acceptors (Lipinski definition) is 2. The van der Waals surface area contributed by atoms with Crippen LogP contribution in [0.25, 0.3) is 0 Å². The minimum atomic E-state index is -0.0398. The van der Waals surface area contributed by atoms with E-state index in [1.165, 1.54) is 25.7 Å². The topological polar surface area (TPSA) is 56.7 Å². The van der Waals surface area contributed by atoms with Crippen molar-refractivity contribution in [3.63, 3.8) is 0 Å². The zero-order valence-electron chi connectivity index (χ0n) is 16.2. The molecule has 1 aromatic carbocycles. The third-order valence-electron chi connectivity index (χ3n) is 4.97. The molecule has 1 saturated carbocycles. The van der Waals surface area contributed by atoms with Crippen LogP contribution in [0.5, 0.6) is 0 Å². The molecule has 0 aliphatic heterocycles. The first-order chi connectivity index (χ1) is 12.1. The molecule has 0 saturated heterocycles. The third kappa shape index (κ3) is 7.51. The Morgan fingerprint density at radius 1 is 1.12 bits per heavy atom. The van der Waals surface area contributed by atoms with Gasteiger partial charge < -0.3 is 15.5 Å². The monoisotopic (exact) mass is 472 g/mol. The summed E-state index contributed by atoms with van der Waals surface area (Å²) < 4.78 is 0. The summed E-state index contributed by atoms with van der Waals surface area (Å²) in [6, 6.07) is 9.29. The summed E-state index contributed by atoms with van der Waals surface area (Å²) in [7, 11) is 3.90. The van der Waals surface area contributed by atoms with Crippen molar-refractivity contribution < 1.29 is 4.79 Å². The van der Waals surface area contributed by atoms with Crippen molar-refractivity contribution in [1.82, 2.24) is 15.5 Å². The Labute approximate surface area is 175 Å². The van der Waals surface area contributed by atoms with Crippen molar-refractivity contribution >= 4 is 35.8 Å². The van der Waals surface area contributed by atoms with Crippen molar-refractivity contribution in [3.05, 3.63) is 35.9 Å². The summed E-state index contributed by atoms with van der Waals surface area (Å²) >= 11 is 0. The number of guanidine groups is 1. The summed E-state index contributed by atoms with van der Waals surface area (Å²) in [6.45, 7) is 4.63. The maximum atomic E-state index is 12.0. The number of carbonyl (C=O) groups excluding carboxylic acids is 1. The number of aliphatic imine (C=N–C) groups is 1. The molecule has 0 aromatic heterocycles. The van der Waals surface area contributed by atoms with Gasteiger partial charge in [-0.1, -0.05) is 38.0 Å². The highest BCUT2D eigenvalue weighted by Crippen LogP contribution is 2.28. The van der Waals surface area contributed by atoms with Gasteiger partial charge >= 0.3 is 0 Å². The van der Waals surface area contributed by atoms with Crippen molar-refractivity contribution in [2.75, 3.05) is 33.7 Å². The van der Waals surface area contributed by atoms with Crippen molar-refractivity contribution in [2.24, 2.45) is 16.8 Å². The molecule has 1 fully saturated rings. The van der Waals surface area contributed by atoms with Gasteiger partial charge in [0.2, 0.25) is 0 Å². The molecule has 6 heteroatoms. The highest BCUT2D eigenvalue weighted by atomic mass is 127. The molecule has 1 amide bonds. The number of amides is 1. The Morgan fingerprint density at radius 3 is 2.35 bits per heavy atom. The highest BCUT2D eigenvalue weighted by Gasteiger charge is 2.20. The molecular weight excluding hydrogens is 439 g/mol. The zero-order chi connectivity index (χ0) is 18.1. The van der Waals surface area contributed by atoms with Crippen molar-refractivity contribution in [3.8, 4) is 0 Å². The molecule has 1 aliphatic carbocycles. The lowest BCUT2D eigenvalue weighted by Crippen LogP contribution is -2.44. The summed E-state index contributed by atoms with van der Waals surface area (Å²) in [5, 5.41) is 6.26. The summed E-state index contributed by atoms with van der Waals surface area (Å²) in [6.07, 6.45) is 5.32. The first-order valence-corrected chi connectivity index (χ1v) is 9.35. The van der Waals surface area contributed by atoms with Crippen LogP contribution >= 0.6 is 24.0 Å². The summed E-state index contributed by atoms with van der Waals surface area (Å²) in [5.41, 5.74) is 0.690. The lowest BCUT2D eigenvalue weighted by atomic mass is 9.83. The van der Waals surface area contributed by atoms with E-state index in [9.17, 15) is 4.79 Å². The number of carbonyl (C=O) groups is 1. The summed E-state index contributed by atoms with van der Waals surface area (Å²) in [5.74, 6) is 2.50. The minimum absolute atomic E-state index is 0. The van der Waals surface area contributed by atoms with Gasteiger partial charge in [0, 0.05) is 39.3 Å². The van der Waals surface area contributed by atoms with Crippen molar-refractivity contribution in [2.45, 2.75) is 32.6 Å². The van der Waals surface area contributed by atoms with Gasteiger partial charge in [-0.2, -0.15) is 0 Å². The quantitative estimate of drug-likeness (QED) is 0.289. The molecule has 0 bridgehead atoms. The van der Waals surface area contributed by atoms with Crippen LogP contribution in [0.15, 0.2) is 35.3 Å². The summed E-state index contributed by atoms with van der Waals surface area (Å²) in [4.78, 5) is 18.6. The lowest BCUT2D eigenvalue weighted by Gasteiger charge is -2.31. The molecule has 0 radical (unpaired) electrons. The molecule has 146 valence electrons. The predicted octanol–water partition coefficient (Wildman–Crippen LogP) is 3.37. The van der Waals surface area contributed by atoms with Crippen LogP contribution in [-0.4, -0.2) is 50.5 Å². The second-order valence-electron chi connectivity index (χ2n) is 7.10. The first-order valence-electron chi connectivity index (χ1n) is 9.35. The fourth-order valence-corrected chi connectivity index (χ4v) is 3.41. The average Bonchev–Trinajstić information content (AvgIpc) is 2.64. The van der Waals surface area contributed by atoms with Crippen LogP contribution in [0.2, 0.25) is 0 Å². The third-order valence-corrected chi connectivity index (χ3v) is 4.97. The van der Waals surface area contributed by atoms with E-state index in [1.54, 1.807) is 0 Å². The second kappa shape index (κ2) is 12.1. The molecule has 1 aromatic rings. The number of nitrogens with zero attached hydrogens (tertiary/aromatic N) is 2. The van der Waals surface area contributed by atoms with Crippen LogP contribution < -0.4 is 10.6 Å². The van der Waals surface area contributed by atoms with Gasteiger partial charge in [0.15, 0.2) is 5.96 Å². The molecule has 1 aliphatic rings. The van der Waals surface area contributed by atoms with E-state index in [4.69, 9.17) is 0 Å². The van der Waals surface area contributed by atoms with Crippen LogP contribution in [0.1, 0.15) is 43.0 Å². The van der Waals surface area contributed by atoms with E-state index < -0.39 is 0 Å². The standard InChI is InChI=1S/C20H32N4O.HI/c1-16-9-11-17(12-10-16)15-24(3)20(21-2)23-14-13-22-19(25)18-7-5-4-6-8-18;/h4-8,16-17H,9-15H2,1-3H3,(H,21,23)(H,22,25);1H. The average molecular weight is 472 g/mol. The van der Waals surface area contributed by atoms with E-state index >= 15 is 0 Å². The largest absolute Gasteiger partial charge is 0.354 e. The lowest BCUT2D eigenvalue weighted by molar-refractivity contribution is 0.0954. The molecular formula is C20H33IN4O. The number of halogens is 1. The molecule has 0 atom stereocenters. The van der Waals surface area contributed by atoms with E-state index in [-0.39, 0.29) is 29.9 Å². The molecule has 5 nitrogen and oxygen atoms in total. The fourth-order valence-electron chi connectivity index (χ4n) is 3.41. The number of rotatable bonds is 6. The van der Waals surface area contributed by atoms with E-state index in [0.717, 1.165) is 24.3 Å². The Morgan fingerprint density at radius 2 is 1.73 bits per heavy atom. The van der Waals surface area contributed by atoms with Gasteiger partial charge in [0.05, 0.1) is 0 Å². The second-order valence-corrected chi connectivity index (χ2v) is 7.10. The molecule has 0 spiro atoms. The smallest absolute Gasteiger partial charge is 0.251 e. The highest BCUT2D eigenvalue weighted by molar-refractivity contribution is 14.0. The van der Waals surface area contributed by atoms with Crippen LogP contribution in [0, 0.1) is 11.8 Å².